The van der Waals surface area contributed by atoms with Gasteiger partial charge in [-0.1, -0.05) is 12.2 Å². The Labute approximate surface area is 199 Å². The Bertz CT molecular complexity index is 1250. The van der Waals surface area contributed by atoms with Crippen molar-refractivity contribution in [3.8, 4) is 0 Å². The van der Waals surface area contributed by atoms with Gasteiger partial charge in [-0.25, -0.2) is 0 Å². The summed E-state index contributed by atoms with van der Waals surface area (Å²) in [4.78, 5) is 28.8. The zero-order valence-corrected chi connectivity index (χ0v) is 19.9. The molecular weight excluding hydrogens is 428 g/mol. The van der Waals surface area contributed by atoms with Crippen LogP contribution in [0.3, 0.4) is 0 Å². The van der Waals surface area contributed by atoms with Gasteiger partial charge in [0.15, 0.2) is 11.6 Å². The van der Waals surface area contributed by atoms with Gasteiger partial charge >= 0.3 is 0 Å². The van der Waals surface area contributed by atoms with Gasteiger partial charge in [-0.05, 0) is 73.2 Å². The summed E-state index contributed by atoms with van der Waals surface area (Å²) in [6.45, 7) is 4.87. The van der Waals surface area contributed by atoms with E-state index in [4.69, 9.17) is 0 Å². The molecule has 0 unspecified atom stereocenters. The third-order valence-electron chi connectivity index (χ3n) is 7.09. The van der Waals surface area contributed by atoms with E-state index in [1.807, 2.05) is 26.2 Å². The lowest BCUT2D eigenvalue weighted by Crippen LogP contribution is -2.31. The van der Waals surface area contributed by atoms with Crippen molar-refractivity contribution in [1.29, 1.82) is 0 Å². The molecule has 174 valence electrons. The van der Waals surface area contributed by atoms with Crippen molar-refractivity contribution in [3.05, 3.63) is 92.5 Å². The Morgan fingerprint density at radius 1 is 0.735 bits per heavy atom. The van der Waals surface area contributed by atoms with E-state index in [0.29, 0.717) is 35.4 Å². The van der Waals surface area contributed by atoms with Crippen LogP contribution in [-0.2, 0) is 22.4 Å². The number of rotatable bonds is 2. The zero-order valence-electron chi connectivity index (χ0n) is 19.9. The summed E-state index contributed by atoms with van der Waals surface area (Å²) >= 11 is 0. The van der Waals surface area contributed by atoms with E-state index in [1.165, 1.54) is 11.1 Å². The van der Waals surface area contributed by atoms with Crippen LogP contribution in [0.15, 0.2) is 81.4 Å². The van der Waals surface area contributed by atoms with Crippen LogP contribution in [-0.4, -0.2) is 49.0 Å². The molecule has 0 saturated carbocycles. The van der Waals surface area contributed by atoms with Crippen LogP contribution in [0.1, 0.15) is 25.0 Å². The number of likely N-dealkylation sites (N-methyl/N-ethyl adjacent to an activating group) is 2. The second-order valence-electron chi connectivity index (χ2n) is 9.37. The van der Waals surface area contributed by atoms with E-state index in [1.54, 1.807) is 26.0 Å². The number of hydrogen-bond acceptors (Lipinski definition) is 6. The second-order valence-corrected chi connectivity index (χ2v) is 9.37. The first-order chi connectivity index (χ1) is 16.2. The summed E-state index contributed by atoms with van der Waals surface area (Å²) in [5.41, 5.74) is 8.42. The van der Waals surface area contributed by atoms with E-state index in [0.717, 1.165) is 35.4 Å². The lowest BCUT2D eigenvalue weighted by molar-refractivity contribution is -0.114. The highest BCUT2D eigenvalue weighted by Gasteiger charge is 2.34. The van der Waals surface area contributed by atoms with Crippen LogP contribution in [0.25, 0.3) is 0 Å². The predicted molar refractivity (Wildman–Crippen MR) is 133 cm³/mol. The molecule has 0 bridgehead atoms. The largest absolute Gasteiger partial charge is 0.506 e. The second kappa shape index (κ2) is 7.90. The number of ketones is 2. The van der Waals surface area contributed by atoms with E-state index in [-0.39, 0.29) is 23.1 Å². The summed E-state index contributed by atoms with van der Waals surface area (Å²) in [5, 5.41) is 20.3. The number of carbonyl (C=O) groups is 2. The first kappa shape index (κ1) is 22.0. The maximum Gasteiger partial charge on any atom is 0.200 e. The maximum absolute atomic E-state index is 12.2. The molecule has 2 N–H and O–H groups in total. The summed E-state index contributed by atoms with van der Waals surface area (Å²) < 4.78 is 0. The molecule has 0 saturated heterocycles. The van der Waals surface area contributed by atoms with Gasteiger partial charge in [-0.2, -0.15) is 0 Å². The molecule has 6 nitrogen and oxygen atoms in total. The maximum atomic E-state index is 12.2. The number of aliphatic hydroxyl groups excluding tert-OH is 2. The molecule has 2 heterocycles. The number of aliphatic hydroxyl groups is 2. The van der Waals surface area contributed by atoms with Crippen molar-refractivity contribution < 1.29 is 19.8 Å². The number of carbonyl (C=O) groups excluding carboxylic acids is 2. The van der Waals surface area contributed by atoms with E-state index in [9.17, 15) is 19.8 Å². The molecular formula is C28H28N2O4. The number of anilines is 2. The zero-order chi connectivity index (χ0) is 24.3. The third kappa shape index (κ3) is 3.24. The molecule has 0 aromatic heterocycles. The van der Waals surface area contributed by atoms with E-state index < -0.39 is 0 Å². The van der Waals surface area contributed by atoms with Gasteiger partial charge in [0.25, 0.3) is 0 Å². The minimum atomic E-state index is -0.0990. The van der Waals surface area contributed by atoms with Crippen molar-refractivity contribution in [3.63, 3.8) is 0 Å². The highest BCUT2D eigenvalue weighted by atomic mass is 16.3. The fourth-order valence-electron chi connectivity index (χ4n) is 5.33. The van der Waals surface area contributed by atoms with E-state index >= 15 is 0 Å². The minimum Gasteiger partial charge on any atom is -0.506 e. The molecule has 6 heteroatoms. The SMILES string of the molecule is CC=C1C(=O)C(/C=C2/Cc3cc4c(cc3N(C)C2)C/C(=C/C2=C(O)C(=CC)C2=O)CN4C)=C1O. The van der Waals surface area contributed by atoms with Crippen molar-refractivity contribution in [2.75, 3.05) is 37.0 Å². The van der Waals surface area contributed by atoms with Crippen LogP contribution in [0.5, 0.6) is 0 Å². The normalized spacial score (nSPS) is 24.8. The molecule has 1 aromatic rings. The van der Waals surface area contributed by atoms with Crippen molar-refractivity contribution in [1.82, 2.24) is 0 Å². The highest BCUT2D eigenvalue weighted by Crippen LogP contribution is 2.40. The first-order valence-electron chi connectivity index (χ1n) is 11.5. The van der Waals surface area contributed by atoms with Gasteiger partial charge in [0.05, 0.1) is 22.3 Å². The molecule has 2 aliphatic heterocycles. The fraction of sp³-hybridized carbons (Fsp3) is 0.286. The smallest absolute Gasteiger partial charge is 0.200 e. The number of allylic oxidation sites excluding steroid dienone is 8. The van der Waals surface area contributed by atoms with Crippen molar-refractivity contribution >= 4 is 22.9 Å². The number of benzene rings is 1. The molecule has 5 rings (SSSR count). The standard InChI is InChI=1S/C28H28N2O4/c1-5-19-25(31)21(26(19)32)9-15-7-17-11-24-18(12-23(17)29(3)13-15)8-16(14-30(24)4)10-22-27(33)20(6-2)28(22)34/h5-6,9-12,31,33H,7-8,13-14H2,1-4H3/b15-9-,16-10-,19-5?,20-6?. The molecule has 0 radical (unpaired) electrons. The lowest BCUT2D eigenvalue weighted by Gasteiger charge is -2.36. The highest BCUT2D eigenvalue weighted by molar-refractivity contribution is 6.21. The van der Waals surface area contributed by atoms with Crippen LogP contribution in [0, 0.1) is 0 Å². The Balaban J connectivity index is 1.45. The number of nitrogens with zero attached hydrogens (tertiary/aromatic N) is 2. The molecule has 2 aliphatic carbocycles. The molecule has 0 spiro atoms. The van der Waals surface area contributed by atoms with Gasteiger partial charge < -0.3 is 20.0 Å². The van der Waals surface area contributed by atoms with Crippen LogP contribution in [0.2, 0.25) is 0 Å². The molecule has 0 fully saturated rings. The third-order valence-corrected chi connectivity index (χ3v) is 7.09. The number of hydrogen-bond donors (Lipinski definition) is 2. The summed E-state index contributed by atoms with van der Waals surface area (Å²) in [7, 11) is 4.06. The number of fused-ring (bicyclic) bond motifs is 2. The lowest BCUT2D eigenvalue weighted by atomic mass is 9.83. The van der Waals surface area contributed by atoms with Crippen LogP contribution in [0.4, 0.5) is 11.4 Å². The minimum absolute atomic E-state index is 0.0885. The van der Waals surface area contributed by atoms with Crippen molar-refractivity contribution in [2.45, 2.75) is 26.7 Å². The summed E-state index contributed by atoms with van der Waals surface area (Å²) in [5.74, 6) is -0.0210. The molecule has 34 heavy (non-hydrogen) atoms. The van der Waals surface area contributed by atoms with Gasteiger partial charge in [-0.3, -0.25) is 9.59 Å². The Hall–Kier alpha value is -3.80. The summed E-state index contributed by atoms with van der Waals surface area (Å²) in [6.07, 6.45) is 8.40. The molecule has 0 amide bonds. The molecule has 0 atom stereocenters. The van der Waals surface area contributed by atoms with Gasteiger partial charge in [0.2, 0.25) is 0 Å². The number of Topliss-reactive ketones (excluding diaryl/α,β-unsaturated/α-hetero) is 2. The Kier molecular flexibility index (Phi) is 5.12. The average Bonchev–Trinajstić information content (AvgIpc) is 2.81. The van der Waals surface area contributed by atoms with Gasteiger partial charge in [-0.15, -0.1) is 0 Å². The van der Waals surface area contributed by atoms with Crippen LogP contribution < -0.4 is 9.80 Å². The molecule has 1 aromatic carbocycles. The Morgan fingerprint density at radius 2 is 1.12 bits per heavy atom. The van der Waals surface area contributed by atoms with Gasteiger partial charge in [0, 0.05) is 38.6 Å². The van der Waals surface area contributed by atoms with Crippen molar-refractivity contribution in [2.24, 2.45) is 0 Å². The predicted octanol–water partition coefficient (Wildman–Crippen LogP) is 4.21. The van der Waals surface area contributed by atoms with Crippen LogP contribution >= 0.6 is 0 Å². The fourth-order valence-corrected chi connectivity index (χ4v) is 5.33. The topological polar surface area (TPSA) is 81.1 Å². The van der Waals surface area contributed by atoms with E-state index in [2.05, 4.69) is 21.9 Å². The van der Waals surface area contributed by atoms with Gasteiger partial charge in [0.1, 0.15) is 11.5 Å². The quantitative estimate of drug-likeness (QED) is 0.649. The monoisotopic (exact) mass is 456 g/mol. The Morgan fingerprint density at radius 3 is 1.44 bits per heavy atom. The first-order valence-corrected chi connectivity index (χ1v) is 11.5. The molecule has 4 aliphatic rings. The summed E-state index contributed by atoms with van der Waals surface area (Å²) in [6, 6.07) is 4.42. The average molecular weight is 457 g/mol.